The Morgan fingerprint density at radius 3 is 2.07 bits per heavy atom. The summed E-state index contributed by atoms with van der Waals surface area (Å²) in [6.45, 7) is 5.87. The van der Waals surface area contributed by atoms with Gasteiger partial charge in [-0.2, -0.15) is 5.26 Å². The molecule has 0 radical (unpaired) electrons. The first kappa shape index (κ1) is 20.5. The molecule has 1 N–H and O–H groups in total. The quantitative estimate of drug-likeness (QED) is 0.855. The van der Waals surface area contributed by atoms with Gasteiger partial charge in [-0.3, -0.25) is 9.10 Å². The van der Waals surface area contributed by atoms with Crippen molar-refractivity contribution >= 4 is 27.3 Å². The van der Waals surface area contributed by atoms with Crippen molar-refractivity contribution in [3.63, 3.8) is 0 Å². The van der Waals surface area contributed by atoms with E-state index >= 15 is 0 Å². The van der Waals surface area contributed by atoms with Crippen LogP contribution in [0.15, 0.2) is 48.5 Å². The molecule has 0 aromatic heterocycles. The van der Waals surface area contributed by atoms with Crippen LogP contribution in [0.5, 0.6) is 0 Å². The highest BCUT2D eigenvalue weighted by molar-refractivity contribution is 7.92. The molecule has 0 heterocycles. The number of hydrogen-bond donors (Lipinski definition) is 1. The molecule has 7 heteroatoms. The van der Waals surface area contributed by atoms with Crippen molar-refractivity contribution in [2.75, 3.05) is 22.4 Å². The Kier molecular flexibility index (Phi) is 5.91. The number of amides is 1. The number of carbonyl (C=O) groups is 1. The lowest BCUT2D eigenvalue weighted by atomic mass is 9.87. The molecule has 0 aliphatic heterocycles. The predicted molar refractivity (Wildman–Crippen MR) is 107 cm³/mol. The van der Waals surface area contributed by atoms with Crippen LogP contribution in [-0.2, 0) is 20.2 Å². The molecule has 2 rings (SSSR count). The molecule has 0 unspecified atom stereocenters. The van der Waals surface area contributed by atoms with Gasteiger partial charge in [-0.1, -0.05) is 32.9 Å². The average Bonchev–Trinajstić information content (AvgIpc) is 2.59. The molecular weight excluding hydrogens is 362 g/mol. The maximum atomic E-state index is 12.3. The van der Waals surface area contributed by atoms with E-state index in [-0.39, 0.29) is 12.0 Å². The second kappa shape index (κ2) is 7.80. The van der Waals surface area contributed by atoms with Crippen molar-refractivity contribution in [3.8, 4) is 6.07 Å². The van der Waals surface area contributed by atoms with Gasteiger partial charge in [0.25, 0.3) is 0 Å². The molecular formula is C20H23N3O3S. The summed E-state index contributed by atoms with van der Waals surface area (Å²) in [7, 11) is -3.63. The van der Waals surface area contributed by atoms with Crippen LogP contribution in [0, 0.1) is 11.3 Å². The van der Waals surface area contributed by atoms with Gasteiger partial charge < -0.3 is 5.32 Å². The van der Waals surface area contributed by atoms with Crippen LogP contribution in [0.4, 0.5) is 11.4 Å². The summed E-state index contributed by atoms with van der Waals surface area (Å²) in [6, 6.07) is 15.5. The minimum absolute atomic E-state index is 0.0542. The fourth-order valence-electron chi connectivity index (χ4n) is 2.49. The largest absolute Gasteiger partial charge is 0.325 e. The van der Waals surface area contributed by atoms with Gasteiger partial charge in [-0.05, 0) is 47.4 Å². The second-order valence-corrected chi connectivity index (χ2v) is 9.21. The van der Waals surface area contributed by atoms with Crippen LogP contribution in [0.1, 0.15) is 31.9 Å². The first-order valence-electron chi connectivity index (χ1n) is 8.39. The number of nitriles is 1. The molecule has 0 aliphatic rings. The summed E-state index contributed by atoms with van der Waals surface area (Å²) >= 11 is 0. The molecule has 2 aromatic carbocycles. The van der Waals surface area contributed by atoms with Crippen molar-refractivity contribution in [1.29, 1.82) is 5.26 Å². The molecule has 0 fully saturated rings. The topological polar surface area (TPSA) is 90.3 Å². The van der Waals surface area contributed by atoms with E-state index in [2.05, 4.69) is 26.1 Å². The van der Waals surface area contributed by atoms with Crippen molar-refractivity contribution in [2.24, 2.45) is 0 Å². The Labute approximate surface area is 160 Å². The van der Waals surface area contributed by atoms with E-state index < -0.39 is 15.9 Å². The van der Waals surface area contributed by atoms with Gasteiger partial charge in [0.15, 0.2) is 0 Å². The summed E-state index contributed by atoms with van der Waals surface area (Å²) < 4.78 is 25.5. The number of nitrogens with zero attached hydrogens (tertiary/aromatic N) is 2. The van der Waals surface area contributed by atoms with Gasteiger partial charge in [0.1, 0.15) is 6.54 Å². The third kappa shape index (κ3) is 5.56. The highest BCUT2D eigenvalue weighted by Crippen LogP contribution is 2.26. The number of anilines is 2. The zero-order valence-electron chi connectivity index (χ0n) is 15.9. The minimum atomic E-state index is -3.63. The number of nitrogens with one attached hydrogen (secondary N) is 1. The lowest BCUT2D eigenvalue weighted by molar-refractivity contribution is -0.114. The molecule has 2 aromatic rings. The third-order valence-electron chi connectivity index (χ3n) is 4.01. The monoisotopic (exact) mass is 385 g/mol. The zero-order valence-corrected chi connectivity index (χ0v) is 16.7. The molecule has 0 saturated carbocycles. The SMILES string of the molecule is CC(C)(C)c1ccc(N(CC(=O)Nc2ccc(C#N)cc2)S(C)(=O)=O)cc1. The highest BCUT2D eigenvalue weighted by atomic mass is 32.2. The van der Waals surface area contributed by atoms with Crippen LogP contribution in [-0.4, -0.2) is 27.1 Å². The molecule has 0 bridgehead atoms. The molecule has 27 heavy (non-hydrogen) atoms. The highest BCUT2D eigenvalue weighted by Gasteiger charge is 2.22. The summed E-state index contributed by atoms with van der Waals surface area (Å²) in [6.07, 6.45) is 1.07. The van der Waals surface area contributed by atoms with E-state index in [9.17, 15) is 13.2 Å². The van der Waals surface area contributed by atoms with E-state index in [1.54, 1.807) is 36.4 Å². The third-order valence-corrected chi connectivity index (χ3v) is 5.15. The van der Waals surface area contributed by atoms with Crippen LogP contribution in [0.25, 0.3) is 0 Å². The Balaban J connectivity index is 2.19. The molecule has 0 aliphatic carbocycles. The Bertz CT molecular complexity index is 952. The van der Waals surface area contributed by atoms with Crippen LogP contribution in [0.3, 0.4) is 0 Å². The molecule has 0 spiro atoms. The van der Waals surface area contributed by atoms with Crippen molar-refractivity contribution in [3.05, 3.63) is 59.7 Å². The molecule has 142 valence electrons. The summed E-state index contributed by atoms with van der Waals surface area (Å²) in [5, 5.41) is 11.5. The van der Waals surface area contributed by atoms with E-state index in [4.69, 9.17) is 5.26 Å². The molecule has 1 amide bonds. The summed E-state index contributed by atoms with van der Waals surface area (Å²) in [5.74, 6) is -0.468. The van der Waals surface area contributed by atoms with Gasteiger partial charge in [0.2, 0.25) is 15.9 Å². The minimum Gasteiger partial charge on any atom is -0.325 e. The number of sulfonamides is 1. The first-order valence-corrected chi connectivity index (χ1v) is 10.2. The number of benzene rings is 2. The fourth-order valence-corrected chi connectivity index (χ4v) is 3.34. The summed E-state index contributed by atoms with van der Waals surface area (Å²) in [4.78, 5) is 12.3. The van der Waals surface area contributed by atoms with Crippen molar-refractivity contribution in [2.45, 2.75) is 26.2 Å². The second-order valence-electron chi connectivity index (χ2n) is 7.30. The van der Waals surface area contributed by atoms with E-state index in [1.807, 2.05) is 18.2 Å². The zero-order chi connectivity index (χ0) is 20.2. The maximum absolute atomic E-state index is 12.3. The standard InChI is InChI=1S/C20H23N3O3S/c1-20(2,3)16-7-11-18(12-8-16)23(27(4,25)26)14-19(24)22-17-9-5-15(13-21)6-10-17/h5-12H,14H2,1-4H3,(H,22,24). The van der Waals surface area contributed by atoms with Gasteiger partial charge >= 0.3 is 0 Å². The predicted octanol–water partition coefficient (Wildman–Crippen LogP) is 3.26. The van der Waals surface area contributed by atoms with Gasteiger partial charge in [0, 0.05) is 5.69 Å². The Hall–Kier alpha value is -2.85. The van der Waals surface area contributed by atoms with E-state index in [1.165, 1.54) is 0 Å². The fraction of sp³-hybridized carbons (Fsp3) is 0.300. The normalized spacial score (nSPS) is 11.5. The Morgan fingerprint density at radius 1 is 1.07 bits per heavy atom. The number of carbonyl (C=O) groups excluding carboxylic acids is 1. The van der Waals surface area contributed by atoms with Crippen LogP contribution >= 0.6 is 0 Å². The first-order chi connectivity index (χ1) is 12.5. The van der Waals surface area contributed by atoms with Crippen LogP contribution in [0.2, 0.25) is 0 Å². The van der Waals surface area contributed by atoms with E-state index in [0.29, 0.717) is 16.9 Å². The molecule has 6 nitrogen and oxygen atoms in total. The Morgan fingerprint density at radius 2 is 1.63 bits per heavy atom. The molecule has 0 atom stereocenters. The summed E-state index contributed by atoms with van der Waals surface area (Å²) in [5.41, 5.74) is 2.42. The average molecular weight is 385 g/mol. The smallest absolute Gasteiger partial charge is 0.245 e. The number of rotatable bonds is 5. The van der Waals surface area contributed by atoms with Crippen molar-refractivity contribution < 1.29 is 13.2 Å². The van der Waals surface area contributed by atoms with Crippen molar-refractivity contribution in [1.82, 2.24) is 0 Å². The van der Waals surface area contributed by atoms with Gasteiger partial charge in [-0.15, -0.1) is 0 Å². The lowest BCUT2D eigenvalue weighted by Gasteiger charge is -2.24. The maximum Gasteiger partial charge on any atom is 0.245 e. The molecule has 0 saturated heterocycles. The van der Waals surface area contributed by atoms with Gasteiger partial charge in [0.05, 0.1) is 23.6 Å². The van der Waals surface area contributed by atoms with E-state index in [0.717, 1.165) is 16.1 Å². The lowest BCUT2D eigenvalue weighted by Crippen LogP contribution is -2.37. The number of hydrogen-bond acceptors (Lipinski definition) is 4. The van der Waals surface area contributed by atoms with Crippen LogP contribution < -0.4 is 9.62 Å². The van der Waals surface area contributed by atoms with Gasteiger partial charge in [-0.25, -0.2) is 8.42 Å².